The molecule has 1 saturated heterocycles. The van der Waals surface area contributed by atoms with Crippen molar-refractivity contribution >= 4 is 29.1 Å². The molecule has 1 aromatic heterocycles. The number of benzene rings is 1. The van der Waals surface area contributed by atoms with Gasteiger partial charge in [0.05, 0.1) is 11.6 Å². The van der Waals surface area contributed by atoms with E-state index in [0.717, 1.165) is 0 Å². The fraction of sp³-hybridized carbons (Fsp3) is 0.353. The number of urea groups is 1. The maximum Gasteiger partial charge on any atom is 0.321 e. The van der Waals surface area contributed by atoms with Gasteiger partial charge in [-0.25, -0.2) is 19.2 Å². The van der Waals surface area contributed by atoms with Gasteiger partial charge in [0.2, 0.25) is 0 Å². The van der Waals surface area contributed by atoms with Crippen LogP contribution in [0.25, 0.3) is 0 Å². The van der Waals surface area contributed by atoms with E-state index in [9.17, 15) is 9.18 Å². The van der Waals surface area contributed by atoms with Crippen LogP contribution >= 0.6 is 11.6 Å². The maximum atomic E-state index is 13.2. The molecule has 2 aromatic rings. The summed E-state index contributed by atoms with van der Waals surface area (Å²) >= 11 is 5.73. The fourth-order valence-electron chi connectivity index (χ4n) is 2.65. The number of hydrogen-bond acceptors (Lipinski definition) is 5. The number of amides is 2. The summed E-state index contributed by atoms with van der Waals surface area (Å²) < 4.78 is 19.1. The average Bonchev–Trinajstić information content (AvgIpc) is 3.07. The van der Waals surface area contributed by atoms with E-state index in [0.29, 0.717) is 36.9 Å². The number of halogens is 2. The Hall–Kier alpha value is -2.61. The summed E-state index contributed by atoms with van der Waals surface area (Å²) in [7, 11) is 3.72. The standard InChI is InChI=1S/C17H19ClFN5O2/c1-23(2)15-16(21-7-6-20-15)26-12-5-8-24(10-12)17(25)22-11-3-4-14(19)13(18)9-11/h3-4,6-7,9,12H,5,8,10H2,1-2H3,(H,22,25). The van der Waals surface area contributed by atoms with Gasteiger partial charge >= 0.3 is 6.03 Å². The smallest absolute Gasteiger partial charge is 0.321 e. The lowest BCUT2D eigenvalue weighted by Gasteiger charge is -2.19. The molecule has 2 amide bonds. The van der Waals surface area contributed by atoms with Crippen molar-refractivity contribution in [2.45, 2.75) is 12.5 Å². The quantitative estimate of drug-likeness (QED) is 0.884. The van der Waals surface area contributed by atoms with Crippen LogP contribution in [-0.2, 0) is 0 Å². The zero-order valence-corrected chi connectivity index (χ0v) is 15.2. The molecular weight excluding hydrogens is 361 g/mol. The van der Waals surface area contributed by atoms with Gasteiger partial charge in [-0.15, -0.1) is 0 Å². The lowest BCUT2D eigenvalue weighted by Crippen LogP contribution is -2.34. The Morgan fingerprint density at radius 2 is 2.15 bits per heavy atom. The van der Waals surface area contributed by atoms with E-state index < -0.39 is 5.82 Å². The highest BCUT2D eigenvalue weighted by atomic mass is 35.5. The van der Waals surface area contributed by atoms with Crippen molar-refractivity contribution in [1.29, 1.82) is 0 Å². The second-order valence-corrected chi connectivity index (χ2v) is 6.52. The summed E-state index contributed by atoms with van der Waals surface area (Å²) in [6.07, 6.45) is 3.68. The van der Waals surface area contributed by atoms with Crippen LogP contribution in [0.15, 0.2) is 30.6 Å². The molecule has 1 atom stereocenters. The van der Waals surface area contributed by atoms with Gasteiger partial charge in [-0.3, -0.25) is 0 Å². The molecule has 0 radical (unpaired) electrons. The van der Waals surface area contributed by atoms with Crippen LogP contribution in [0.3, 0.4) is 0 Å². The predicted molar refractivity (Wildman–Crippen MR) is 97.4 cm³/mol. The Morgan fingerprint density at radius 3 is 2.88 bits per heavy atom. The number of likely N-dealkylation sites (tertiary alicyclic amines) is 1. The van der Waals surface area contributed by atoms with E-state index in [1.165, 1.54) is 18.2 Å². The first-order valence-electron chi connectivity index (χ1n) is 8.10. The fourth-order valence-corrected chi connectivity index (χ4v) is 2.83. The van der Waals surface area contributed by atoms with Gasteiger partial charge in [-0.2, -0.15) is 0 Å². The zero-order chi connectivity index (χ0) is 18.7. The van der Waals surface area contributed by atoms with Crippen LogP contribution in [0.2, 0.25) is 5.02 Å². The third-order valence-corrected chi connectivity index (χ3v) is 4.24. The second-order valence-electron chi connectivity index (χ2n) is 6.11. The van der Waals surface area contributed by atoms with Crippen LogP contribution in [0, 0.1) is 5.82 Å². The summed E-state index contributed by atoms with van der Waals surface area (Å²) in [5, 5.41) is 2.67. The summed E-state index contributed by atoms with van der Waals surface area (Å²) in [5.74, 6) is 0.548. The normalized spacial score (nSPS) is 16.5. The second kappa shape index (κ2) is 7.74. The molecule has 138 valence electrons. The van der Waals surface area contributed by atoms with Crippen molar-refractivity contribution in [2.24, 2.45) is 0 Å². The predicted octanol–water partition coefficient (Wildman–Crippen LogP) is 3.02. The van der Waals surface area contributed by atoms with E-state index in [2.05, 4.69) is 15.3 Å². The lowest BCUT2D eigenvalue weighted by atomic mass is 10.3. The van der Waals surface area contributed by atoms with E-state index >= 15 is 0 Å². The molecule has 1 fully saturated rings. The van der Waals surface area contributed by atoms with E-state index in [1.54, 1.807) is 17.3 Å². The zero-order valence-electron chi connectivity index (χ0n) is 14.4. The summed E-state index contributed by atoms with van der Waals surface area (Å²) in [4.78, 5) is 24.3. The molecule has 7 nitrogen and oxygen atoms in total. The van der Waals surface area contributed by atoms with Gasteiger partial charge in [-0.1, -0.05) is 11.6 Å². The molecule has 1 aliphatic heterocycles. The first-order chi connectivity index (χ1) is 12.4. The molecule has 1 aliphatic rings. The molecule has 0 spiro atoms. The average molecular weight is 380 g/mol. The topological polar surface area (TPSA) is 70.6 Å². The minimum Gasteiger partial charge on any atom is -0.470 e. The Morgan fingerprint density at radius 1 is 1.38 bits per heavy atom. The maximum absolute atomic E-state index is 13.2. The number of carbonyl (C=O) groups is 1. The Balaban J connectivity index is 1.60. The highest BCUT2D eigenvalue weighted by Gasteiger charge is 2.29. The summed E-state index contributed by atoms with van der Waals surface area (Å²) in [5.41, 5.74) is 0.439. The van der Waals surface area contributed by atoms with E-state index in [1.807, 2.05) is 19.0 Å². The van der Waals surface area contributed by atoms with Gasteiger partial charge in [-0.05, 0) is 18.2 Å². The molecule has 0 saturated carbocycles. The Kier molecular flexibility index (Phi) is 5.41. The number of hydrogen-bond donors (Lipinski definition) is 1. The summed E-state index contributed by atoms with van der Waals surface area (Å²) in [6.45, 7) is 0.965. The largest absolute Gasteiger partial charge is 0.470 e. The van der Waals surface area contributed by atoms with E-state index in [-0.39, 0.29) is 17.2 Å². The van der Waals surface area contributed by atoms with Crippen molar-refractivity contribution in [3.63, 3.8) is 0 Å². The van der Waals surface area contributed by atoms with E-state index in [4.69, 9.17) is 16.3 Å². The van der Waals surface area contributed by atoms with Gasteiger partial charge in [0.1, 0.15) is 11.9 Å². The van der Waals surface area contributed by atoms with Crippen molar-refractivity contribution in [3.05, 3.63) is 41.4 Å². The first kappa shape index (κ1) is 18.2. The lowest BCUT2D eigenvalue weighted by molar-refractivity contribution is 0.190. The van der Waals surface area contributed by atoms with Gasteiger partial charge in [0.15, 0.2) is 5.82 Å². The number of nitrogens with zero attached hydrogens (tertiary/aromatic N) is 4. The molecule has 1 N–H and O–H groups in total. The summed E-state index contributed by atoms with van der Waals surface area (Å²) in [6, 6.07) is 3.77. The van der Waals surface area contributed by atoms with Crippen LogP contribution in [0.4, 0.5) is 20.7 Å². The third kappa shape index (κ3) is 4.13. The van der Waals surface area contributed by atoms with Crippen LogP contribution in [-0.4, -0.2) is 54.2 Å². The number of nitrogens with one attached hydrogen (secondary N) is 1. The minimum atomic E-state index is -0.528. The molecule has 0 aliphatic carbocycles. The molecule has 9 heteroatoms. The number of anilines is 2. The number of aromatic nitrogens is 2. The number of carbonyl (C=O) groups excluding carboxylic acids is 1. The number of ether oxygens (including phenoxy) is 1. The van der Waals surface area contributed by atoms with Crippen molar-refractivity contribution < 1.29 is 13.9 Å². The third-order valence-electron chi connectivity index (χ3n) is 3.95. The molecule has 0 bridgehead atoms. The van der Waals surface area contributed by atoms with Crippen molar-refractivity contribution in [3.8, 4) is 5.88 Å². The monoisotopic (exact) mass is 379 g/mol. The molecular formula is C17H19ClFN5O2. The highest BCUT2D eigenvalue weighted by molar-refractivity contribution is 6.31. The van der Waals surface area contributed by atoms with Crippen molar-refractivity contribution in [1.82, 2.24) is 14.9 Å². The number of rotatable bonds is 4. The van der Waals surface area contributed by atoms with Crippen LogP contribution in [0.1, 0.15) is 6.42 Å². The Bertz CT molecular complexity index is 804. The molecule has 1 unspecified atom stereocenters. The first-order valence-corrected chi connectivity index (χ1v) is 8.48. The van der Waals surface area contributed by atoms with Gasteiger partial charge in [0.25, 0.3) is 5.88 Å². The van der Waals surface area contributed by atoms with Crippen molar-refractivity contribution in [2.75, 3.05) is 37.4 Å². The Labute approximate surface area is 155 Å². The minimum absolute atomic E-state index is 0.0377. The SMILES string of the molecule is CN(C)c1nccnc1OC1CCN(C(=O)Nc2ccc(F)c(Cl)c2)C1. The van der Waals surface area contributed by atoms with Crippen LogP contribution in [0.5, 0.6) is 5.88 Å². The molecule has 1 aromatic carbocycles. The highest BCUT2D eigenvalue weighted by Crippen LogP contribution is 2.25. The molecule has 3 rings (SSSR count). The van der Waals surface area contributed by atoms with Crippen LogP contribution < -0.4 is 15.0 Å². The molecule has 26 heavy (non-hydrogen) atoms. The molecule has 2 heterocycles. The van der Waals surface area contributed by atoms with Gasteiger partial charge in [0, 0.05) is 45.1 Å². The van der Waals surface area contributed by atoms with Gasteiger partial charge < -0.3 is 19.9 Å².